The van der Waals surface area contributed by atoms with Crippen molar-refractivity contribution < 1.29 is 0 Å². The van der Waals surface area contributed by atoms with Crippen LogP contribution < -0.4 is 11.1 Å². The number of rotatable bonds is 5. The molecule has 3 rings (SSSR count). The van der Waals surface area contributed by atoms with Crippen LogP contribution in [0, 0.1) is 0 Å². The first-order chi connectivity index (χ1) is 10.8. The van der Waals surface area contributed by atoms with Gasteiger partial charge in [-0.15, -0.1) is 0 Å². The van der Waals surface area contributed by atoms with Gasteiger partial charge < -0.3 is 11.1 Å². The van der Waals surface area contributed by atoms with Gasteiger partial charge in [-0.1, -0.05) is 23.7 Å². The summed E-state index contributed by atoms with van der Waals surface area (Å²) >= 11 is 5.93. The van der Waals surface area contributed by atoms with Gasteiger partial charge in [-0.2, -0.15) is 0 Å². The van der Waals surface area contributed by atoms with Crippen molar-refractivity contribution in [2.45, 2.75) is 6.42 Å². The third kappa shape index (κ3) is 3.35. The number of hydrogen-bond donors (Lipinski definition) is 2. The van der Waals surface area contributed by atoms with Gasteiger partial charge in [0, 0.05) is 28.7 Å². The molecule has 22 heavy (non-hydrogen) atoms. The second kappa shape index (κ2) is 6.73. The third-order valence-corrected chi connectivity index (χ3v) is 3.65. The first-order valence-electron chi connectivity index (χ1n) is 7.23. The molecule has 112 valence electrons. The van der Waals surface area contributed by atoms with Crippen molar-refractivity contribution in [3.8, 4) is 11.3 Å². The zero-order valence-electron chi connectivity index (χ0n) is 12.1. The molecule has 0 bridgehead atoms. The second-order valence-corrected chi connectivity index (χ2v) is 5.47. The van der Waals surface area contributed by atoms with E-state index >= 15 is 0 Å². The highest BCUT2D eigenvalue weighted by Crippen LogP contribution is 2.23. The number of nitrogens with one attached hydrogen (secondary N) is 1. The number of pyridine rings is 2. The minimum atomic E-state index is 0.672. The Morgan fingerprint density at radius 3 is 2.68 bits per heavy atom. The van der Waals surface area contributed by atoms with Gasteiger partial charge in [0.05, 0.1) is 11.2 Å². The van der Waals surface area contributed by atoms with Crippen LogP contribution in [0.25, 0.3) is 22.2 Å². The molecule has 2 aromatic heterocycles. The highest BCUT2D eigenvalue weighted by atomic mass is 35.5. The fourth-order valence-electron chi connectivity index (χ4n) is 2.21. The number of halogens is 1. The molecule has 0 aliphatic rings. The van der Waals surface area contributed by atoms with Crippen LogP contribution >= 0.6 is 11.6 Å². The summed E-state index contributed by atoms with van der Waals surface area (Å²) in [5.74, 6) is 0.856. The summed E-state index contributed by atoms with van der Waals surface area (Å²) in [5.41, 5.74) is 8.32. The first-order valence-corrected chi connectivity index (χ1v) is 7.61. The van der Waals surface area contributed by atoms with Gasteiger partial charge in [0.25, 0.3) is 0 Å². The fraction of sp³-hybridized carbons (Fsp3) is 0.176. The lowest BCUT2D eigenvalue weighted by atomic mass is 10.1. The topological polar surface area (TPSA) is 63.8 Å². The smallest absolute Gasteiger partial charge is 0.126 e. The van der Waals surface area contributed by atoms with Crippen molar-refractivity contribution in [2.24, 2.45) is 5.73 Å². The maximum Gasteiger partial charge on any atom is 0.126 e. The molecule has 0 saturated carbocycles. The molecule has 0 saturated heterocycles. The van der Waals surface area contributed by atoms with E-state index in [2.05, 4.69) is 15.3 Å². The van der Waals surface area contributed by atoms with E-state index < -0.39 is 0 Å². The SMILES string of the molecule is NCCCNc1ccc2cnc(-c3ccc(Cl)cc3)cc2n1. The molecule has 0 fully saturated rings. The van der Waals surface area contributed by atoms with Crippen LogP contribution in [-0.4, -0.2) is 23.1 Å². The molecule has 3 N–H and O–H groups in total. The molecule has 3 aromatic rings. The van der Waals surface area contributed by atoms with Crippen LogP contribution in [0.4, 0.5) is 5.82 Å². The van der Waals surface area contributed by atoms with Crippen LogP contribution in [0.5, 0.6) is 0 Å². The summed E-state index contributed by atoms with van der Waals surface area (Å²) < 4.78 is 0. The Morgan fingerprint density at radius 2 is 1.91 bits per heavy atom. The van der Waals surface area contributed by atoms with E-state index in [1.54, 1.807) is 0 Å². The summed E-state index contributed by atoms with van der Waals surface area (Å²) in [7, 11) is 0. The predicted molar refractivity (Wildman–Crippen MR) is 92.1 cm³/mol. The van der Waals surface area contributed by atoms with Crippen LogP contribution in [-0.2, 0) is 0 Å². The van der Waals surface area contributed by atoms with Gasteiger partial charge >= 0.3 is 0 Å². The Labute approximate surface area is 134 Å². The Kier molecular flexibility index (Phi) is 4.51. The van der Waals surface area contributed by atoms with Crippen molar-refractivity contribution >= 4 is 28.3 Å². The zero-order chi connectivity index (χ0) is 15.4. The molecule has 0 unspecified atom stereocenters. The normalized spacial score (nSPS) is 10.8. The lowest BCUT2D eigenvalue weighted by Gasteiger charge is -2.07. The van der Waals surface area contributed by atoms with Gasteiger partial charge in [-0.25, -0.2) is 4.98 Å². The summed E-state index contributed by atoms with van der Waals surface area (Å²) in [5, 5.41) is 5.01. The average molecular weight is 313 g/mol. The molecule has 4 nitrogen and oxygen atoms in total. The number of fused-ring (bicyclic) bond motifs is 1. The van der Waals surface area contributed by atoms with E-state index in [0.717, 1.165) is 40.9 Å². The summed E-state index contributed by atoms with van der Waals surface area (Å²) in [6.07, 6.45) is 2.77. The van der Waals surface area contributed by atoms with Crippen molar-refractivity contribution in [3.63, 3.8) is 0 Å². The van der Waals surface area contributed by atoms with E-state index in [0.29, 0.717) is 11.6 Å². The highest BCUT2D eigenvalue weighted by Gasteiger charge is 2.04. The Balaban J connectivity index is 1.91. The van der Waals surface area contributed by atoms with E-state index in [4.69, 9.17) is 17.3 Å². The standard InChI is InChI=1S/C17H17ClN4/c18-14-5-2-12(3-6-14)15-10-16-13(11-21-15)4-7-17(22-16)20-9-1-8-19/h2-7,10-11H,1,8-9,19H2,(H,20,22). The number of aromatic nitrogens is 2. The molecule has 5 heteroatoms. The van der Waals surface area contributed by atoms with Gasteiger partial charge in [-0.3, -0.25) is 4.98 Å². The second-order valence-electron chi connectivity index (χ2n) is 5.03. The number of benzene rings is 1. The van der Waals surface area contributed by atoms with Crippen LogP contribution in [0.1, 0.15) is 6.42 Å². The van der Waals surface area contributed by atoms with Gasteiger partial charge in [-0.05, 0) is 43.3 Å². The fourth-order valence-corrected chi connectivity index (χ4v) is 2.34. The maximum atomic E-state index is 5.93. The Morgan fingerprint density at radius 1 is 1.09 bits per heavy atom. The lowest BCUT2D eigenvalue weighted by molar-refractivity contribution is 0.871. The summed E-state index contributed by atoms with van der Waals surface area (Å²) in [6.45, 7) is 1.50. The number of hydrogen-bond acceptors (Lipinski definition) is 4. The molecule has 0 amide bonds. The third-order valence-electron chi connectivity index (χ3n) is 3.40. The van der Waals surface area contributed by atoms with Crippen molar-refractivity contribution in [1.82, 2.24) is 9.97 Å². The molecule has 0 radical (unpaired) electrons. The quantitative estimate of drug-likeness (QED) is 0.705. The first kappa shape index (κ1) is 14.8. The monoisotopic (exact) mass is 312 g/mol. The highest BCUT2D eigenvalue weighted by molar-refractivity contribution is 6.30. The maximum absolute atomic E-state index is 5.93. The molecule has 0 aliphatic heterocycles. The van der Waals surface area contributed by atoms with Crippen LogP contribution in [0.3, 0.4) is 0 Å². The van der Waals surface area contributed by atoms with Crippen molar-refractivity contribution in [2.75, 3.05) is 18.4 Å². The molecular weight excluding hydrogens is 296 g/mol. The molecular formula is C17H17ClN4. The van der Waals surface area contributed by atoms with Gasteiger partial charge in [0.2, 0.25) is 0 Å². The van der Waals surface area contributed by atoms with Gasteiger partial charge in [0.1, 0.15) is 5.82 Å². The largest absolute Gasteiger partial charge is 0.370 e. The molecule has 2 heterocycles. The minimum absolute atomic E-state index is 0.672. The van der Waals surface area contributed by atoms with E-state index in [1.807, 2.05) is 48.7 Å². The van der Waals surface area contributed by atoms with Gasteiger partial charge in [0.15, 0.2) is 0 Å². The van der Waals surface area contributed by atoms with Crippen LogP contribution in [0.2, 0.25) is 5.02 Å². The number of anilines is 1. The average Bonchev–Trinajstić information content (AvgIpc) is 2.55. The van der Waals surface area contributed by atoms with Crippen molar-refractivity contribution in [1.29, 1.82) is 0 Å². The summed E-state index contributed by atoms with van der Waals surface area (Å²) in [6, 6.07) is 13.6. The minimum Gasteiger partial charge on any atom is -0.370 e. The Bertz CT molecular complexity index is 771. The summed E-state index contributed by atoms with van der Waals surface area (Å²) in [4.78, 5) is 9.12. The van der Waals surface area contributed by atoms with E-state index in [-0.39, 0.29) is 0 Å². The zero-order valence-corrected chi connectivity index (χ0v) is 12.8. The van der Waals surface area contributed by atoms with E-state index in [1.165, 1.54) is 0 Å². The number of nitrogens with two attached hydrogens (primary N) is 1. The van der Waals surface area contributed by atoms with E-state index in [9.17, 15) is 0 Å². The lowest BCUT2D eigenvalue weighted by Crippen LogP contribution is -2.09. The molecule has 0 atom stereocenters. The Hall–Kier alpha value is -2.17. The number of nitrogens with zero attached hydrogens (tertiary/aromatic N) is 2. The molecule has 0 aliphatic carbocycles. The molecule has 1 aromatic carbocycles. The van der Waals surface area contributed by atoms with Crippen molar-refractivity contribution in [3.05, 3.63) is 53.7 Å². The predicted octanol–water partition coefficient (Wildman–Crippen LogP) is 3.71. The van der Waals surface area contributed by atoms with Crippen LogP contribution in [0.15, 0.2) is 48.7 Å². The molecule has 0 spiro atoms.